The first-order valence-electron chi connectivity index (χ1n) is 11.0. The van der Waals surface area contributed by atoms with Crippen molar-refractivity contribution in [2.45, 2.75) is 37.7 Å². The van der Waals surface area contributed by atoms with Gasteiger partial charge in [-0.1, -0.05) is 18.2 Å². The predicted octanol–water partition coefficient (Wildman–Crippen LogP) is 6.94. The van der Waals surface area contributed by atoms with E-state index in [0.717, 1.165) is 35.4 Å². The number of hydrogen-bond acceptors (Lipinski definition) is 6. The minimum Gasteiger partial charge on any atom is -0.457 e. The summed E-state index contributed by atoms with van der Waals surface area (Å²) < 4.78 is 142. The Kier molecular flexibility index (Phi) is 9.22. The highest BCUT2D eigenvalue weighted by atomic mass is 19.4. The maximum atomic E-state index is 13.3. The van der Waals surface area contributed by atoms with Crippen molar-refractivity contribution in [1.29, 1.82) is 0 Å². The number of hydrogen-bond donors (Lipinski definition) is 1. The summed E-state index contributed by atoms with van der Waals surface area (Å²) >= 11 is 0. The van der Waals surface area contributed by atoms with Crippen molar-refractivity contribution in [3.05, 3.63) is 72.4 Å². The molecule has 0 saturated carbocycles. The predicted molar refractivity (Wildman–Crippen MR) is 119 cm³/mol. The largest absolute Gasteiger partial charge is 0.574 e. The van der Waals surface area contributed by atoms with E-state index in [1.54, 1.807) is 0 Å². The van der Waals surface area contributed by atoms with Gasteiger partial charge in [0.1, 0.15) is 17.2 Å². The smallest absolute Gasteiger partial charge is 0.457 e. The summed E-state index contributed by atoms with van der Waals surface area (Å²) in [7, 11) is 0. The third kappa shape index (κ3) is 9.07. The molecule has 2 aromatic carbocycles. The monoisotopic (exact) mass is 588 g/mol. The van der Waals surface area contributed by atoms with E-state index in [2.05, 4.69) is 14.5 Å². The number of anilines is 1. The highest BCUT2D eigenvalue weighted by Gasteiger charge is 2.44. The van der Waals surface area contributed by atoms with Crippen LogP contribution in [0.3, 0.4) is 0 Å². The Hall–Kier alpha value is -3.95. The van der Waals surface area contributed by atoms with E-state index in [9.17, 15) is 49.0 Å². The summed E-state index contributed by atoms with van der Waals surface area (Å²) in [5.74, 6) is -1.75. The average molecular weight is 588 g/mol. The molecule has 6 nitrogen and oxygen atoms in total. The third-order valence-corrected chi connectivity index (χ3v) is 4.90. The number of halogens is 10. The number of alkyl halides is 10. The first kappa shape index (κ1) is 30.6. The normalized spacial score (nSPS) is 13.2. The van der Waals surface area contributed by atoms with Crippen LogP contribution in [0.2, 0.25) is 0 Å². The molecule has 1 atom stereocenters. The lowest BCUT2D eigenvalue weighted by atomic mass is 10.1. The Labute approximate surface area is 219 Å². The van der Waals surface area contributed by atoms with Gasteiger partial charge in [0.05, 0.1) is 6.54 Å². The van der Waals surface area contributed by atoms with Crippen LogP contribution in [0.25, 0.3) is 0 Å². The number of aliphatic hydroxyl groups is 1. The third-order valence-electron chi connectivity index (χ3n) is 4.90. The van der Waals surface area contributed by atoms with Crippen LogP contribution < -0.4 is 19.1 Å². The molecule has 16 heteroatoms. The molecule has 0 bridgehead atoms. The van der Waals surface area contributed by atoms with Gasteiger partial charge in [0.15, 0.2) is 6.10 Å². The van der Waals surface area contributed by atoms with Gasteiger partial charge >= 0.3 is 25.1 Å². The summed E-state index contributed by atoms with van der Waals surface area (Å²) in [5, 5.41) is 9.67. The lowest BCUT2D eigenvalue weighted by molar-refractivity contribution is -0.276. The zero-order valence-corrected chi connectivity index (χ0v) is 19.8. The number of aliphatic hydroxyl groups excluding tert-OH is 1. The van der Waals surface area contributed by atoms with Gasteiger partial charge in [-0.3, -0.25) is 0 Å². The summed E-state index contributed by atoms with van der Waals surface area (Å²) in [5.41, 5.74) is 0.0530. The van der Waals surface area contributed by atoms with Crippen molar-refractivity contribution < 1.29 is 63.2 Å². The van der Waals surface area contributed by atoms with Gasteiger partial charge in [-0.15, -0.1) is 13.2 Å². The molecule has 0 spiro atoms. The SMILES string of the molecule is OC(CN(Cc1cccc(OC(F)(F)C(F)F)c1)c1cccc(Oc2ccnc(OC(F)(F)F)c2)c1)C(F)(F)F. The molecule has 0 radical (unpaired) electrons. The molecule has 0 saturated heterocycles. The molecule has 0 aliphatic carbocycles. The lowest BCUT2D eigenvalue weighted by Gasteiger charge is -2.29. The van der Waals surface area contributed by atoms with Crippen LogP contribution in [-0.4, -0.2) is 47.8 Å². The van der Waals surface area contributed by atoms with Gasteiger partial charge < -0.3 is 24.2 Å². The molecular weight excluding hydrogens is 570 g/mol. The van der Waals surface area contributed by atoms with Gasteiger partial charge in [-0.25, -0.2) is 4.98 Å². The van der Waals surface area contributed by atoms with Crippen molar-refractivity contribution in [1.82, 2.24) is 4.98 Å². The van der Waals surface area contributed by atoms with Crippen molar-refractivity contribution in [2.75, 3.05) is 11.4 Å². The van der Waals surface area contributed by atoms with E-state index >= 15 is 0 Å². The van der Waals surface area contributed by atoms with Gasteiger partial charge in [-0.2, -0.15) is 30.7 Å². The van der Waals surface area contributed by atoms with E-state index < -0.39 is 55.9 Å². The van der Waals surface area contributed by atoms with E-state index in [0.29, 0.717) is 0 Å². The highest BCUT2D eigenvalue weighted by molar-refractivity contribution is 5.52. The van der Waals surface area contributed by atoms with Crippen LogP contribution in [-0.2, 0) is 6.54 Å². The van der Waals surface area contributed by atoms with E-state index in [-0.39, 0.29) is 22.7 Å². The van der Waals surface area contributed by atoms with Gasteiger partial charge in [0, 0.05) is 30.6 Å². The standard InChI is InChI=1S/C24H18F10N2O4/c25-21(26)23(30,31)39-18-6-1-3-14(9-18)12-36(13-19(37)22(27,28)29)15-4-2-5-16(10-15)38-17-7-8-35-20(11-17)40-24(32,33)34/h1-11,19,21,37H,12-13H2. The minimum absolute atomic E-state index is 0.00542. The number of pyridine rings is 1. The molecule has 40 heavy (non-hydrogen) atoms. The van der Waals surface area contributed by atoms with Crippen LogP contribution in [0, 0.1) is 0 Å². The Balaban J connectivity index is 1.88. The summed E-state index contributed by atoms with van der Waals surface area (Å²) in [6.07, 6.45) is -20.9. The molecule has 3 aromatic rings. The van der Waals surface area contributed by atoms with E-state index in [1.165, 1.54) is 36.4 Å². The Morgan fingerprint density at radius 3 is 2.10 bits per heavy atom. The fourth-order valence-electron chi connectivity index (χ4n) is 3.21. The lowest BCUT2D eigenvalue weighted by Crippen LogP contribution is -2.40. The molecule has 218 valence electrons. The van der Waals surface area contributed by atoms with Crippen LogP contribution in [0.1, 0.15) is 5.56 Å². The number of ether oxygens (including phenoxy) is 3. The van der Waals surface area contributed by atoms with Crippen LogP contribution in [0.5, 0.6) is 23.1 Å². The zero-order valence-electron chi connectivity index (χ0n) is 19.8. The average Bonchev–Trinajstić information content (AvgIpc) is 2.82. The van der Waals surface area contributed by atoms with Crippen LogP contribution >= 0.6 is 0 Å². The fourth-order valence-corrected chi connectivity index (χ4v) is 3.21. The van der Waals surface area contributed by atoms with Crippen molar-refractivity contribution in [3.8, 4) is 23.1 Å². The second-order valence-corrected chi connectivity index (χ2v) is 8.03. The van der Waals surface area contributed by atoms with Crippen molar-refractivity contribution >= 4 is 5.69 Å². The molecule has 0 amide bonds. The maximum Gasteiger partial charge on any atom is 0.574 e. The molecule has 1 aromatic heterocycles. The minimum atomic E-state index is -5.04. The summed E-state index contributed by atoms with van der Waals surface area (Å²) in [6.45, 7) is -1.50. The van der Waals surface area contributed by atoms with Crippen LogP contribution in [0.15, 0.2) is 66.9 Å². The number of aromatic nitrogens is 1. The van der Waals surface area contributed by atoms with Gasteiger partial charge in [0.25, 0.3) is 0 Å². The number of benzene rings is 2. The Morgan fingerprint density at radius 2 is 1.45 bits per heavy atom. The molecular formula is C24H18F10N2O4. The topological polar surface area (TPSA) is 64.1 Å². The quantitative estimate of drug-likeness (QED) is 0.245. The van der Waals surface area contributed by atoms with Crippen LogP contribution in [0.4, 0.5) is 49.6 Å². The molecule has 1 unspecified atom stereocenters. The summed E-state index contributed by atoms with van der Waals surface area (Å²) in [4.78, 5) is 4.38. The van der Waals surface area contributed by atoms with E-state index in [4.69, 9.17) is 4.74 Å². The number of rotatable bonds is 11. The molecule has 1 N–H and O–H groups in total. The van der Waals surface area contributed by atoms with Crippen molar-refractivity contribution in [3.63, 3.8) is 0 Å². The highest BCUT2D eigenvalue weighted by Crippen LogP contribution is 2.32. The second-order valence-electron chi connectivity index (χ2n) is 8.03. The first-order chi connectivity index (χ1) is 18.5. The number of nitrogens with zero attached hydrogens (tertiary/aromatic N) is 2. The first-order valence-corrected chi connectivity index (χ1v) is 11.0. The Bertz CT molecular complexity index is 1270. The van der Waals surface area contributed by atoms with Gasteiger partial charge in [0.2, 0.25) is 5.88 Å². The fraction of sp³-hybridized carbons (Fsp3) is 0.292. The van der Waals surface area contributed by atoms with Gasteiger partial charge in [-0.05, 0) is 35.9 Å². The molecule has 0 fully saturated rings. The maximum absolute atomic E-state index is 13.3. The molecule has 0 aliphatic rings. The van der Waals surface area contributed by atoms with E-state index in [1.807, 2.05) is 0 Å². The molecule has 0 aliphatic heterocycles. The summed E-state index contributed by atoms with van der Waals surface area (Å²) in [6, 6.07) is 11.4. The Morgan fingerprint density at radius 1 is 0.800 bits per heavy atom. The molecule has 3 rings (SSSR count). The van der Waals surface area contributed by atoms with Crippen molar-refractivity contribution in [2.24, 2.45) is 0 Å². The zero-order chi connectivity index (χ0) is 29.7. The second kappa shape index (κ2) is 12.1. The molecule has 1 heterocycles.